The fourth-order valence-electron chi connectivity index (χ4n) is 2.30. The maximum atomic E-state index is 12.2. The third-order valence-electron chi connectivity index (χ3n) is 3.49. The van der Waals surface area contributed by atoms with Crippen molar-refractivity contribution in [1.29, 1.82) is 0 Å². The van der Waals surface area contributed by atoms with Crippen LogP contribution in [-0.2, 0) is 4.79 Å². The molecule has 1 saturated heterocycles. The van der Waals surface area contributed by atoms with E-state index in [0.717, 1.165) is 0 Å². The molecule has 1 amide bonds. The Bertz CT molecular complexity index is 517. The number of pyridine rings is 1. The van der Waals surface area contributed by atoms with Crippen LogP contribution in [0.2, 0.25) is 0 Å². The summed E-state index contributed by atoms with van der Waals surface area (Å²) in [5.74, 6) is -1.52. The van der Waals surface area contributed by atoms with Gasteiger partial charge in [0.1, 0.15) is 5.75 Å². The van der Waals surface area contributed by atoms with Gasteiger partial charge in [-0.3, -0.25) is 9.59 Å². The highest BCUT2D eigenvalue weighted by molar-refractivity contribution is 5.95. The molecule has 2 rings (SSSR count). The highest BCUT2D eigenvalue weighted by atomic mass is 16.4. The molecule has 1 aliphatic rings. The lowest BCUT2D eigenvalue weighted by Crippen LogP contribution is -2.48. The largest absolute Gasteiger partial charge is 0.505 e. The molecule has 0 saturated carbocycles. The highest BCUT2D eigenvalue weighted by Gasteiger charge is 2.40. The van der Waals surface area contributed by atoms with Crippen molar-refractivity contribution in [2.75, 3.05) is 13.1 Å². The number of carboxylic acids is 1. The number of aromatic hydroxyl groups is 1. The quantitative estimate of drug-likeness (QED) is 0.835. The molecule has 0 spiro atoms. The molecule has 2 N–H and O–H groups in total. The molecule has 6 heteroatoms. The van der Waals surface area contributed by atoms with Gasteiger partial charge in [0.25, 0.3) is 5.91 Å². The van der Waals surface area contributed by atoms with E-state index in [4.69, 9.17) is 0 Å². The highest BCUT2D eigenvalue weighted by Crippen LogP contribution is 2.31. The number of hydrogen-bond acceptors (Lipinski definition) is 4. The number of carboxylic acid groups (broad SMARTS) is 1. The predicted molar refractivity (Wildman–Crippen MR) is 66.8 cm³/mol. The summed E-state index contributed by atoms with van der Waals surface area (Å²) >= 11 is 0. The minimum Gasteiger partial charge on any atom is -0.505 e. The van der Waals surface area contributed by atoms with Crippen LogP contribution >= 0.6 is 0 Å². The van der Waals surface area contributed by atoms with Crippen molar-refractivity contribution in [1.82, 2.24) is 9.88 Å². The number of aliphatic carboxylic acids is 1. The monoisotopic (exact) mass is 264 g/mol. The van der Waals surface area contributed by atoms with E-state index in [2.05, 4.69) is 4.98 Å². The van der Waals surface area contributed by atoms with E-state index in [1.165, 1.54) is 23.2 Å². The number of amides is 1. The zero-order chi connectivity index (χ0) is 14.0. The molecule has 1 aliphatic heterocycles. The van der Waals surface area contributed by atoms with Gasteiger partial charge < -0.3 is 15.1 Å². The SMILES string of the molecule is CC1(C(=O)O)CCCN(C(=O)c2ncccc2O)C1. The van der Waals surface area contributed by atoms with Crippen LogP contribution in [0.1, 0.15) is 30.3 Å². The summed E-state index contributed by atoms with van der Waals surface area (Å²) in [6.45, 7) is 2.25. The summed E-state index contributed by atoms with van der Waals surface area (Å²) in [5.41, 5.74) is -0.963. The molecule has 0 aliphatic carbocycles. The average Bonchev–Trinajstić information content (AvgIpc) is 2.38. The van der Waals surface area contributed by atoms with Crippen molar-refractivity contribution >= 4 is 11.9 Å². The maximum Gasteiger partial charge on any atom is 0.311 e. The van der Waals surface area contributed by atoms with Gasteiger partial charge in [0, 0.05) is 19.3 Å². The van der Waals surface area contributed by atoms with Gasteiger partial charge in [-0.2, -0.15) is 0 Å². The first-order valence-electron chi connectivity index (χ1n) is 6.11. The number of piperidine rings is 1. The number of hydrogen-bond donors (Lipinski definition) is 2. The Hall–Kier alpha value is -2.11. The van der Waals surface area contributed by atoms with Gasteiger partial charge in [-0.15, -0.1) is 0 Å². The standard InChI is InChI=1S/C13H16N2O4/c1-13(12(18)19)5-3-7-15(8-13)11(17)10-9(16)4-2-6-14-10/h2,4,6,16H,3,5,7-8H2,1H3,(H,18,19). The predicted octanol–water partition coefficient (Wildman–Crippen LogP) is 1.11. The van der Waals surface area contributed by atoms with Crippen molar-refractivity contribution in [3.8, 4) is 5.75 Å². The molecule has 19 heavy (non-hydrogen) atoms. The maximum absolute atomic E-state index is 12.2. The summed E-state index contributed by atoms with van der Waals surface area (Å²) < 4.78 is 0. The van der Waals surface area contributed by atoms with Gasteiger partial charge in [-0.1, -0.05) is 0 Å². The van der Waals surface area contributed by atoms with Gasteiger partial charge in [-0.05, 0) is 31.9 Å². The molecule has 0 bridgehead atoms. The first-order valence-corrected chi connectivity index (χ1v) is 6.11. The molecule has 102 valence electrons. The first kappa shape index (κ1) is 13.3. The van der Waals surface area contributed by atoms with Crippen molar-refractivity contribution < 1.29 is 19.8 Å². The number of likely N-dealkylation sites (tertiary alicyclic amines) is 1. The third-order valence-corrected chi connectivity index (χ3v) is 3.49. The van der Waals surface area contributed by atoms with Crippen molar-refractivity contribution in [2.24, 2.45) is 5.41 Å². The number of carbonyl (C=O) groups excluding carboxylic acids is 1. The second-order valence-corrected chi connectivity index (χ2v) is 5.07. The summed E-state index contributed by atoms with van der Waals surface area (Å²) in [6, 6.07) is 2.92. The Morgan fingerprint density at radius 3 is 2.84 bits per heavy atom. The molecule has 1 aromatic rings. The molecular formula is C13H16N2O4. The van der Waals surface area contributed by atoms with E-state index in [1.54, 1.807) is 6.92 Å². The number of carbonyl (C=O) groups is 2. The first-order chi connectivity index (χ1) is 8.94. The lowest BCUT2D eigenvalue weighted by Gasteiger charge is -2.37. The van der Waals surface area contributed by atoms with Crippen LogP contribution < -0.4 is 0 Å². The Labute approximate surface area is 110 Å². The van der Waals surface area contributed by atoms with E-state index in [1.807, 2.05) is 0 Å². The van der Waals surface area contributed by atoms with E-state index >= 15 is 0 Å². The second kappa shape index (κ2) is 4.87. The molecule has 1 fully saturated rings. The smallest absolute Gasteiger partial charge is 0.311 e. The van der Waals surface area contributed by atoms with E-state index in [-0.39, 0.29) is 18.0 Å². The number of rotatable bonds is 2. The van der Waals surface area contributed by atoms with Gasteiger partial charge in [0.2, 0.25) is 0 Å². The summed E-state index contributed by atoms with van der Waals surface area (Å²) in [5, 5.41) is 18.8. The lowest BCUT2D eigenvalue weighted by molar-refractivity contribution is -0.150. The summed E-state index contributed by atoms with van der Waals surface area (Å²) in [6.07, 6.45) is 2.59. The van der Waals surface area contributed by atoms with Gasteiger partial charge in [-0.25, -0.2) is 4.98 Å². The molecular weight excluding hydrogens is 248 g/mol. The average molecular weight is 264 g/mol. The number of nitrogens with zero attached hydrogens (tertiary/aromatic N) is 2. The van der Waals surface area contributed by atoms with Crippen LogP contribution in [0, 0.1) is 5.41 Å². The normalized spacial score (nSPS) is 23.1. The van der Waals surface area contributed by atoms with Crippen LogP contribution in [0.25, 0.3) is 0 Å². The van der Waals surface area contributed by atoms with Crippen molar-refractivity contribution in [2.45, 2.75) is 19.8 Å². The molecule has 0 aromatic carbocycles. The molecule has 1 atom stereocenters. The van der Waals surface area contributed by atoms with Crippen LogP contribution in [0.5, 0.6) is 5.75 Å². The summed E-state index contributed by atoms with van der Waals surface area (Å²) in [4.78, 5) is 28.8. The van der Waals surface area contributed by atoms with Crippen LogP contribution in [0.4, 0.5) is 0 Å². The molecule has 0 radical (unpaired) electrons. The van der Waals surface area contributed by atoms with Gasteiger partial charge in [0.05, 0.1) is 5.41 Å². The second-order valence-electron chi connectivity index (χ2n) is 5.07. The molecule has 2 heterocycles. The van der Waals surface area contributed by atoms with Crippen LogP contribution in [0.15, 0.2) is 18.3 Å². The van der Waals surface area contributed by atoms with E-state index in [9.17, 15) is 19.8 Å². The van der Waals surface area contributed by atoms with E-state index in [0.29, 0.717) is 19.4 Å². The number of aromatic nitrogens is 1. The Balaban J connectivity index is 2.21. The molecule has 1 aromatic heterocycles. The van der Waals surface area contributed by atoms with Crippen molar-refractivity contribution in [3.63, 3.8) is 0 Å². The van der Waals surface area contributed by atoms with Gasteiger partial charge in [0.15, 0.2) is 5.69 Å². The van der Waals surface area contributed by atoms with Gasteiger partial charge >= 0.3 is 5.97 Å². The minimum atomic E-state index is -0.932. The van der Waals surface area contributed by atoms with Crippen molar-refractivity contribution in [3.05, 3.63) is 24.0 Å². The zero-order valence-electron chi connectivity index (χ0n) is 10.7. The van der Waals surface area contributed by atoms with Crippen LogP contribution in [0.3, 0.4) is 0 Å². The Morgan fingerprint density at radius 2 is 2.21 bits per heavy atom. The topological polar surface area (TPSA) is 90.7 Å². The Kier molecular flexibility index (Phi) is 3.42. The Morgan fingerprint density at radius 1 is 1.47 bits per heavy atom. The molecule has 1 unspecified atom stereocenters. The zero-order valence-corrected chi connectivity index (χ0v) is 10.7. The van der Waals surface area contributed by atoms with Crippen LogP contribution in [-0.4, -0.2) is 45.1 Å². The fourth-order valence-corrected chi connectivity index (χ4v) is 2.30. The fraction of sp³-hybridized carbons (Fsp3) is 0.462. The summed E-state index contributed by atoms with van der Waals surface area (Å²) in [7, 11) is 0. The molecule has 6 nitrogen and oxygen atoms in total. The third kappa shape index (κ3) is 2.52. The lowest BCUT2D eigenvalue weighted by atomic mass is 9.82. The minimum absolute atomic E-state index is 0.0304. The van der Waals surface area contributed by atoms with E-state index < -0.39 is 17.3 Å².